The van der Waals surface area contributed by atoms with Crippen molar-refractivity contribution in [1.82, 2.24) is 9.47 Å². The van der Waals surface area contributed by atoms with Gasteiger partial charge in [0.15, 0.2) is 6.23 Å². The number of aliphatic hydroxyl groups excluding tert-OH is 1. The summed E-state index contributed by atoms with van der Waals surface area (Å²) in [5.41, 5.74) is 2.87. The molecule has 0 unspecified atom stereocenters. The molecule has 23 heavy (non-hydrogen) atoms. The van der Waals surface area contributed by atoms with Gasteiger partial charge in [0.1, 0.15) is 0 Å². The number of benzene rings is 1. The maximum Gasteiger partial charge on any atom is 0.158 e. The molecular weight excluding hydrogens is 284 g/mol. The molecular formula is C20H29N2O. The van der Waals surface area contributed by atoms with E-state index in [1.807, 2.05) is 0 Å². The highest BCUT2D eigenvalue weighted by Crippen LogP contribution is 2.35. The van der Waals surface area contributed by atoms with Crippen LogP contribution in [0.2, 0.25) is 0 Å². The van der Waals surface area contributed by atoms with Crippen molar-refractivity contribution in [3.05, 3.63) is 42.3 Å². The quantitative estimate of drug-likeness (QED) is 0.863. The number of piperidine rings is 1. The molecule has 1 saturated heterocycles. The summed E-state index contributed by atoms with van der Waals surface area (Å²) in [6.07, 6.45) is 6.31. The van der Waals surface area contributed by atoms with Gasteiger partial charge in [-0.25, -0.2) is 0 Å². The van der Waals surface area contributed by atoms with Gasteiger partial charge in [-0.15, -0.1) is 0 Å². The molecule has 0 amide bonds. The predicted octanol–water partition coefficient (Wildman–Crippen LogP) is 4.75. The zero-order valence-corrected chi connectivity index (χ0v) is 14.6. The monoisotopic (exact) mass is 313 g/mol. The number of para-hydroxylation sites is 1. The molecule has 1 aromatic carbocycles. The fourth-order valence-electron chi connectivity index (χ4n) is 3.70. The highest BCUT2D eigenvalue weighted by molar-refractivity contribution is 5.84. The topological polar surface area (TPSA) is 28.4 Å². The summed E-state index contributed by atoms with van der Waals surface area (Å²) < 4.78 is 2.44. The van der Waals surface area contributed by atoms with Crippen molar-refractivity contribution in [2.24, 2.45) is 5.92 Å². The average Bonchev–Trinajstić information content (AvgIpc) is 2.92. The van der Waals surface area contributed by atoms with Crippen LogP contribution >= 0.6 is 0 Å². The van der Waals surface area contributed by atoms with Gasteiger partial charge in [0.25, 0.3) is 0 Å². The van der Waals surface area contributed by atoms with Gasteiger partial charge in [-0.2, -0.15) is 0 Å². The zero-order valence-electron chi connectivity index (χ0n) is 14.6. The lowest BCUT2D eigenvalue weighted by molar-refractivity contribution is 0.0962. The zero-order chi connectivity index (χ0) is 16.4. The summed E-state index contributed by atoms with van der Waals surface area (Å²) in [5, 5.41) is 11.1. The Hall–Kier alpha value is -1.32. The van der Waals surface area contributed by atoms with Gasteiger partial charge in [0.2, 0.25) is 0 Å². The fraction of sp³-hybridized carbons (Fsp3) is 0.550. The Balaban J connectivity index is 1.83. The number of nitrogens with zero attached hydrogens (tertiary/aromatic N) is 2. The van der Waals surface area contributed by atoms with Crippen molar-refractivity contribution in [2.75, 3.05) is 13.1 Å². The smallest absolute Gasteiger partial charge is 0.158 e. The number of fused-ring (bicyclic) bond motifs is 1. The van der Waals surface area contributed by atoms with Gasteiger partial charge >= 0.3 is 0 Å². The number of rotatable bonds is 5. The maximum absolute atomic E-state index is 9.67. The van der Waals surface area contributed by atoms with E-state index in [1.54, 1.807) is 6.92 Å². The van der Waals surface area contributed by atoms with Crippen molar-refractivity contribution in [3.63, 3.8) is 0 Å². The van der Waals surface area contributed by atoms with Crippen LogP contribution in [0.3, 0.4) is 0 Å². The summed E-state index contributed by atoms with van der Waals surface area (Å²) in [6.45, 7) is 9.38. The van der Waals surface area contributed by atoms with Crippen LogP contribution in [-0.4, -0.2) is 27.7 Å². The van der Waals surface area contributed by atoms with Gasteiger partial charge in [-0.1, -0.05) is 32.0 Å². The summed E-state index contributed by atoms with van der Waals surface area (Å²) in [6, 6.07) is 8.82. The number of aliphatic hydroxyl groups is 1. The van der Waals surface area contributed by atoms with Crippen LogP contribution in [0, 0.1) is 12.1 Å². The molecule has 1 N–H and O–H groups in total. The van der Waals surface area contributed by atoms with Crippen LogP contribution in [0.15, 0.2) is 30.5 Å². The van der Waals surface area contributed by atoms with Crippen molar-refractivity contribution in [2.45, 2.75) is 52.5 Å². The molecule has 1 radical (unpaired) electrons. The molecule has 3 heteroatoms. The lowest BCUT2D eigenvalue weighted by Crippen LogP contribution is -2.34. The Bertz CT molecular complexity index is 636. The van der Waals surface area contributed by atoms with E-state index in [1.165, 1.54) is 22.9 Å². The van der Waals surface area contributed by atoms with Gasteiger partial charge in [0.05, 0.1) is 0 Å². The van der Waals surface area contributed by atoms with Crippen LogP contribution in [0.1, 0.15) is 51.5 Å². The van der Waals surface area contributed by atoms with Crippen molar-refractivity contribution in [3.8, 4) is 0 Å². The van der Waals surface area contributed by atoms with E-state index in [9.17, 15) is 5.11 Å². The molecule has 0 atom stereocenters. The van der Waals surface area contributed by atoms with Crippen molar-refractivity contribution >= 4 is 10.9 Å². The van der Waals surface area contributed by atoms with E-state index in [2.05, 4.69) is 53.8 Å². The SMILES string of the molecule is C[C](O)N1CCC(c2cn(CCC(C)C)c3ccccc23)CC1. The summed E-state index contributed by atoms with van der Waals surface area (Å²) in [4.78, 5) is 2.09. The summed E-state index contributed by atoms with van der Waals surface area (Å²) >= 11 is 0. The molecule has 3 rings (SSSR count). The van der Waals surface area contributed by atoms with Gasteiger partial charge in [-0.05, 0) is 49.7 Å². The highest BCUT2D eigenvalue weighted by atomic mass is 16.3. The fourth-order valence-corrected chi connectivity index (χ4v) is 3.70. The Kier molecular flexibility index (Phi) is 5.08. The molecule has 2 heterocycles. The standard InChI is InChI=1S/C20H29N2O/c1-15(2)8-11-22-14-19(18-6-4-5-7-20(18)22)17-9-12-21(13-10-17)16(3)23/h4-7,14-15,17,23H,8-13H2,1-3H3. The van der Waals surface area contributed by atoms with Gasteiger partial charge in [-0.3, -0.25) is 4.90 Å². The molecule has 0 bridgehead atoms. The Morgan fingerprint density at radius 2 is 1.91 bits per heavy atom. The second kappa shape index (κ2) is 7.06. The Labute approximate surface area is 139 Å². The van der Waals surface area contributed by atoms with Crippen LogP contribution in [0.25, 0.3) is 10.9 Å². The number of aromatic nitrogens is 1. The molecule has 1 aromatic heterocycles. The molecule has 0 spiro atoms. The van der Waals surface area contributed by atoms with Crippen molar-refractivity contribution < 1.29 is 5.11 Å². The number of hydrogen-bond donors (Lipinski definition) is 1. The molecule has 0 saturated carbocycles. The van der Waals surface area contributed by atoms with E-state index in [4.69, 9.17) is 0 Å². The largest absolute Gasteiger partial charge is 0.371 e. The minimum atomic E-state index is 0.461. The molecule has 1 aliphatic heterocycles. The first kappa shape index (κ1) is 16.5. The Morgan fingerprint density at radius 3 is 2.57 bits per heavy atom. The minimum Gasteiger partial charge on any atom is -0.371 e. The summed E-state index contributed by atoms with van der Waals surface area (Å²) in [7, 11) is 0. The number of aryl methyl sites for hydroxylation is 1. The number of hydrogen-bond acceptors (Lipinski definition) is 2. The molecule has 1 aliphatic rings. The minimum absolute atomic E-state index is 0.461. The molecule has 2 aromatic rings. The van der Waals surface area contributed by atoms with Crippen LogP contribution in [0.5, 0.6) is 0 Å². The molecule has 125 valence electrons. The first-order valence-electron chi connectivity index (χ1n) is 8.91. The maximum atomic E-state index is 9.67. The lowest BCUT2D eigenvalue weighted by Gasteiger charge is -2.32. The number of likely N-dealkylation sites (tertiary alicyclic amines) is 1. The van der Waals surface area contributed by atoms with E-state index in [0.717, 1.165) is 38.4 Å². The second-order valence-corrected chi connectivity index (χ2v) is 7.29. The molecule has 1 fully saturated rings. The van der Waals surface area contributed by atoms with Gasteiger partial charge in [0, 0.05) is 36.7 Å². The van der Waals surface area contributed by atoms with Crippen LogP contribution < -0.4 is 0 Å². The van der Waals surface area contributed by atoms with E-state index >= 15 is 0 Å². The molecule has 0 aliphatic carbocycles. The predicted molar refractivity (Wildman–Crippen MR) is 95.8 cm³/mol. The summed E-state index contributed by atoms with van der Waals surface area (Å²) in [5.74, 6) is 1.33. The van der Waals surface area contributed by atoms with Crippen LogP contribution in [-0.2, 0) is 6.54 Å². The van der Waals surface area contributed by atoms with E-state index in [-0.39, 0.29) is 0 Å². The normalized spacial score (nSPS) is 17.7. The van der Waals surface area contributed by atoms with Gasteiger partial charge < -0.3 is 9.67 Å². The first-order valence-corrected chi connectivity index (χ1v) is 8.91. The van der Waals surface area contributed by atoms with Crippen molar-refractivity contribution in [1.29, 1.82) is 0 Å². The third-order valence-electron chi connectivity index (χ3n) is 5.16. The first-order chi connectivity index (χ1) is 11.1. The third kappa shape index (κ3) is 3.61. The van der Waals surface area contributed by atoms with Crippen LogP contribution in [0.4, 0.5) is 0 Å². The Morgan fingerprint density at radius 1 is 1.22 bits per heavy atom. The van der Waals surface area contributed by atoms with E-state index in [0.29, 0.717) is 12.1 Å². The lowest BCUT2D eigenvalue weighted by atomic mass is 9.89. The third-order valence-corrected chi connectivity index (χ3v) is 5.16. The molecule has 3 nitrogen and oxygen atoms in total. The highest BCUT2D eigenvalue weighted by Gasteiger charge is 2.25. The van der Waals surface area contributed by atoms with E-state index < -0.39 is 0 Å². The second-order valence-electron chi connectivity index (χ2n) is 7.29. The average molecular weight is 313 g/mol.